The van der Waals surface area contributed by atoms with Crippen LogP contribution in [0.5, 0.6) is 0 Å². The van der Waals surface area contributed by atoms with E-state index in [1.165, 1.54) is 16.4 Å². The standard InChI is InChI=1S/C15H23FN2O4S/c1-22-10-4-8-18(23(2,20)21)9-7-17-15(19)12-13-5-3-6-14(16)11-13/h3,5-6,11H,4,7-10,12H2,1-2H3,(H,17,19). The molecule has 8 heteroatoms. The number of nitrogens with zero attached hydrogens (tertiary/aromatic N) is 1. The van der Waals surface area contributed by atoms with Crippen LogP contribution < -0.4 is 5.32 Å². The van der Waals surface area contributed by atoms with Crippen LogP contribution in [0.3, 0.4) is 0 Å². The van der Waals surface area contributed by atoms with E-state index in [-0.39, 0.29) is 25.4 Å². The summed E-state index contributed by atoms with van der Waals surface area (Å²) >= 11 is 0. The Morgan fingerprint density at radius 3 is 2.70 bits per heavy atom. The maximum atomic E-state index is 13.0. The van der Waals surface area contributed by atoms with E-state index < -0.39 is 15.8 Å². The first-order valence-electron chi connectivity index (χ1n) is 7.28. The summed E-state index contributed by atoms with van der Waals surface area (Å²) in [5.74, 6) is -0.669. The van der Waals surface area contributed by atoms with Gasteiger partial charge in [-0.05, 0) is 24.1 Å². The van der Waals surface area contributed by atoms with Gasteiger partial charge in [0.15, 0.2) is 0 Å². The number of halogens is 1. The molecule has 0 unspecified atom stereocenters. The molecule has 1 rings (SSSR count). The number of ether oxygens (including phenoxy) is 1. The molecule has 0 aliphatic rings. The Hall–Kier alpha value is -1.51. The molecular formula is C15H23FN2O4S. The van der Waals surface area contributed by atoms with Crippen LogP contribution in [-0.4, -0.2) is 58.2 Å². The molecule has 0 spiro atoms. The first-order valence-corrected chi connectivity index (χ1v) is 9.13. The number of amides is 1. The van der Waals surface area contributed by atoms with Gasteiger partial charge in [-0.3, -0.25) is 4.79 Å². The molecule has 0 saturated carbocycles. The van der Waals surface area contributed by atoms with Gasteiger partial charge in [-0.25, -0.2) is 17.1 Å². The third-order valence-corrected chi connectivity index (χ3v) is 4.47. The molecule has 0 aromatic heterocycles. The lowest BCUT2D eigenvalue weighted by Gasteiger charge is -2.20. The van der Waals surface area contributed by atoms with Crippen molar-refractivity contribution >= 4 is 15.9 Å². The first-order chi connectivity index (χ1) is 10.8. The van der Waals surface area contributed by atoms with Crippen molar-refractivity contribution in [1.82, 2.24) is 9.62 Å². The number of rotatable bonds is 10. The van der Waals surface area contributed by atoms with Gasteiger partial charge >= 0.3 is 0 Å². The van der Waals surface area contributed by atoms with Gasteiger partial charge in [0.25, 0.3) is 0 Å². The second kappa shape index (κ2) is 9.59. The van der Waals surface area contributed by atoms with Crippen molar-refractivity contribution in [2.45, 2.75) is 12.8 Å². The van der Waals surface area contributed by atoms with Gasteiger partial charge in [-0.15, -0.1) is 0 Å². The molecular weight excluding hydrogens is 323 g/mol. The molecule has 130 valence electrons. The second-order valence-corrected chi connectivity index (χ2v) is 7.15. The van der Waals surface area contributed by atoms with E-state index in [2.05, 4.69) is 5.32 Å². The molecule has 0 atom stereocenters. The highest BCUT2D eigenvalue weighted by Crippen LogP contribution is 2.04. The van der Waals surface area contributed by atoms with Crippen LogP contribution in [0.15, 0.2) is 24.3 Å². The molecule has 0 saturated heterocycles. The molecule has 1 aromatic rings. The van der Waals surface area contributed by atoms with Crippen LogP contribution in [-0.2, 0) is 26.0 Å². The van der Waals surface area contributed by atoms with Crippen LogP contribution in [0.2, 0.25) is 0 Å². The number of nitrogens with one attached hydrogen (secondary N) is 1. The van der Waals surface area contributed by atoms with Gasteiger partial charge in [0, 0.05) is 33.4 Å². The molecule has 1 amide bonds. The monoisotopic (exact) mass is 346 g/mol. The molecule has 0 aliphatic heterocycles. The lowest BCUT2D eigenvalue weighted by molar-refractivity contribution is -0.120. The lowest BCUT2D eigenvalue weighted by atomic mass is 10.1. The normalized spacial score (nSPS) is 11.7. The average molecular weight is 346 g/mol. The fraction of sp³-hybridized carbons (Fsp3) is 0.533. The number of sulfonamides is 1. The SMILES string of the molecule is COCCCN(CCNC(=O)Cc1cccc(F)c1)S(C)(=O)=O. The van der Waals surface area contributed by atoms with E-state index in [1.54, 1.807) is 19.2 Å². The fourth-order valence-electron chi connectivity index (χ4n) is 2.04. The number of carbonyl (C=O) groups excluding carboxylic acids is 1. The highest BCUT2D eigenvalue weighted by molar-refractivity contribution is 7.88. The van der Waals surface area contributed by atoms with E-state index >= 15 is 0 Å². The Labute approximate surface area is 136 Å². The van der Waals surface area contributed by atoms with E-state index in [4.69, 9.17) is 4.74 Å². The molecule has 23 heavy (non-hydrogen) atoms. The second-order valence-electron chi connectivity index (χ2n) is 5.17. The van der Waals surface area contributed by atoms with Crippen LogP contribution in [0, 0.1) is 5.82 Å². The van der Waals surface area contributed by atoms with E-state index in [0.29, 0.717) is 25.1 Å². The van der Waals surface area contributed by atoms with Crippen molar-refractivity contribution in [2.24, 2.45) is 0 Å². The summed E-state index contributed by atoms with van der Waals surface area (Å²) in [5, 5.41) is 2.64. The smallest absolute Gasteiger partial charge is 0.224 e. The zero-order valence-corrected chi connectivity index (χ0v) is 14.2. The van der Waals surface area contributed by atoms with E-state index in [1.807, 2.05) is 0 Å². The van der Waals surface area contributed by atoms with Crippen LogP contribution in [0.4, 0.5) is 4.39 Å². The number of hydrogen-bond donors (Lipinski definition) is 1. The predicted molar refractivity (Wildman–Crippen MR) is 86.0 cm³/mol. The van der Waals surface area contributed by atoms with Gasteiger partial charge in [-0.2, -0.15) is 0 Å². The summed E-state index contributed by atoms with van der Waals surface area (Å²) in [6.45, 7) is 1.20. The lowest BCUT2D eigenvalue weighted by Crippen LogP contribution is -2.39. The Bertz CT molecular complexity index is 607. The van der Waals surface area contributed by atoms with Crippen molar-refractivity contribution < 1.29 is 22.3 Å². The average Bonchev–Trinajstić information content (AvgIpc) is 2.44. The van der Waals surface area contributed by atoms with Crippen molar-refractivity contribution in [3.63, 3.8) is 0 Å². The minimum Gasteiger partial charge on any atom is -0.385 e. The van der Waals surface area contributed by atoms with Gasteiger partial charge in [0.05, 0.1) is 12.7 Å². The summed E-state index contributed by atoms with van der Waals surface area (Å²) in [6.07, 6.45) is 1.77. The quantitative estimate of drug-likeness (QED) is 0.636. The summed E-state index contributed by atoms with van der Waals surface area (Å²) in [4.78, 5) is 11.8. The minimum absolute atomic E-state index is 0.0559. The molecule has 1 aromatic carbocycles. The Morgan fingerprint density at radius 2 is 2.09 bits per heavy atom. The van der Waals surface area contributed by atoms with Crippen molar-refractivity contribution in [2.75, 3.05) is 39.6 Å². The molecule has 1 N–H and O–H groups in total. The largest absolute Gasteiger partial charge is 0.385 e. The minimum atomic E-state index is -3.33. The zero-order valence-electron chi connectivity index (χ0n) is 13.4. The third-order valence-electron chi connectivity index (χ3n) is 3.16. The Balaban J connectivity index is 2.41. The summed E-state index contributed by atoms with van der Waals surface area (Å²) in [5.41, 5.74) is 0.572. The number of benzene rings is 1. The summed E-state index contributed by atoms with van der Waals surface area (Å²) in [6, 6.07) is 5.81. The van der Waals surface area contributed by atoms with Gasteiger partial charge in [0.2, 0.25) is 15.9 Å². The maximum Gasteiger partial charge on any atom is 0.224 e. The summed E-state index contributed by atoms with van der Waals surface area (Å²) in [7, 11) is -1.78. The molecule has 0 aliphatic carbocycles. The van der Waals surface area contributed by atoms with Crippen LogP contribution in [0.1, 0.15) is 12.0 Å². The van der Waals surface area contributed by atoms with E-state index in [0.717, 1.165) is 6.26 Å². The summed E-state index contributed by atoms with van der Waals surface area (Å²) < 4.78 is 42.6. The first kappa shape index (κ1) is 19.5. The van der Waals surface area contributed by atoms with Gasteiger partial charge < -0.3 is 10.1 Å². The van der Waals surface area contributed by atoms with Crippen molar-refractivity contribution in [3.8, 4) is 0 Å². The highest BCUT2D eigenvalue weighted by atomic mass is 32.2. The molecule has 6 nitrogen and oxygen atoms in total. The predicted octanol–water partition coefficient (Wildman–Crippen LogP) is 0.783. The van der Waals surface area contributed by atoms with E-state index in [9.17, 15) is 17.6 Å². The fourth-order valence-corrected chi connectivity index (χ4v) is 2.93. The van der Waals surface area contributed by atoms with Crippen molar-refractivity contribution in [1.29, 1.82) is 0 Å². The van der Waals surface area contributed by atoms with Gasteiger partial charge in [0.1, 0.15) is 5.82 Å². The Morgan fingerprint density at radius 1 is 1.35 bits per heavy atom. The third kappa shape index (κ3) is 8.06. The molecule has 0 radical (unpaired) electrons. The zero-order chi connectivity index (χ0) is 17.3. The van der Waals surface area contributed by atoms with Crippen LogP contribution in [0.25, 0.3) is 0 Å². The number of methoxy groups -OCH3 is 1. The van der Waals surface area contributed by atoms with Gasteiger partial charge in [-0.1, -0.05) is 12.1 Å². The van der Waals surface area contributed by atoms with Crippen LogP contribution >= 0.6 is 0 Å². The van der Waals surface area contributed by atoms with Crippen molar-refractivity contribution in [3.05, 3.63) is 35.6 Å². The molecule has 0 bridgehead atoms. The number of carbonyl (C=O) groups is 1. The maximum absolute atomic E-state index is 13.0. The highest BCUT2D eigenvalue weighted by Gasteiger charge is 2.16. The topological polar surface area (TPSA) is 75.7 Å². The molecule has 0 fully saturated rings. The Kier molecular flexibility index (Phi) is 8.15. The number of hydrogen-bond acceptors (Lipinski definition) is 4. The molecule has 0 heterocycles.